The quantitative estimate of drug-likeness (QED) is 0.564. The van der Waals surface area contributed by atoms with E-state index in [-0.39, 0.29) is 5.56 Å². The first-order valence-electron chi connectivity index (χ1n) is 8.69. The van der Waals surface area contributed by atoms with E-state index in [1.807, 2.05) is 19.1 Å². The summed E-state index contributed by atoms with van der Waals surface area (Å²) in [6.07, 6.45) is 0. The highest BCUT2D eigenvalue weighted by molar-refractivity contribution is 6.30. The first-order chi connectivity index (χ1) is 13.5. The van der Waals surface area contributed by atoms with Gasteiger partial charge in [-0.25, -0.2) is 4.98 Å². The predicted molar refractivity (Wildman–Crippen MR) is 111 cm³/mol. The molecule has 0 aliphatic rings. The number of aryl methyl sites for hydroxylation is 1. The molecule has 1 heterocycles. The Morgan fingerprint density at radius 3 is 2.50 bits per heavy atom. The van der Waals surface area contributed by atoms with E-state index in [4.69, 9.17) is 11.6 Å². The van der Waals surface area contributed by atoms with Crippen LogP contribution in [0.5, 0.6) is 0 Å². The lowest BCUT2D eigenvalue weighted by molar-refractivity contribution is 0.101. The minimum atomic E-state index is -0.403. The molecule has 0 saturated heterocycles. The minimum Gasteiger partial charge on any atom is -0.267 e. The van der Waals surface area contributed by atoms with Gasteiger partial charge in [-0.2, -0.15) is 4.68 Å². The summed E-state index contributed by atoms with van der Waals surface area (Å²) in [6.45, 7) is 1.89. The average Bonchev–Trinajstić information content (AvgIpc) is 2.71. The summed E-state index contributed by atoms with van der Waals surface area (Å²) < 4.78 is 1.18. The molecule has 0 atom stereocenters. The van der Waals surface area contributed by atoms with E-state index in [0.717, 1.165) is 5.56 Å². The van der Waals surface area contributed by atoms with Gasteiger partial charge >= 0.3 is 0 Å². The molecule has 0 saturated carbocycles. The second-order valence-electron chi connectivity index (χ2n) is 6.36. The van der Waals surface area contributed by atoms with Gasteiger partial charge in [-0.1, -0.05) is 54.1 Å². The maximum Gasteiger partial charge on any atom is 0.280 e. The van der Waals surface area contributed by atoms with Gasteiger partial charge in [0, 0.05) is 16.1 Å². The third-order valence-corrected chi connectivity index (χ3v) is 4.67. The molecule has 5 nitrogen and oxygen atoms in total. The van der Waals surface area contributed by atoms with Crippen LogP contribution in [-0.4, -0.2) is 15.6 Å². The molecular formula is C22H16ClN3O2. The molecule has 138 valence electrons. The Balaban J connectivity index is 1.95. The molecule has 0 bridgehead atoms. The number of hydrogen-bond acceptors (Lipinski definition) is 3. The number of nitrogens with zero attached hydrogens (tertiary/aromatic N) is 2. The lowest BCUT2D eigenvalue weighted by Crippen LogP contribution is -2.35. The fourth-order valence-electron chi connectivity index (χ4n) is 3.03. The van der Waals surface area contributed by atoms with Crippen LogP contribution in [0.2, 0.25) is 5.02 Å². The molecule has 1 amide bonds. The van der Waals surface area contributed by atoms with Crippen molar-refractivity contribution in [2.45, 2.75) is 6.92 Å². The largest absolute Gasteiger partial charge is 0.280 e. The van der Waals surface area contributed by atoms with Crippen LogP contribution in [-0.2, 0) is 0 Å². The van der Waals surface area contributed by atoms with Crippen LogP contribution in [0, 0.1) is 6.92 Å². The molecule has 0 radical (unpaired) electrons. The monoisotopic (exact) mass is 389 g/mol. The van der Waals surface area contributed by atoms with Crippen LogP contribution >= 0.6 is 11.6 Å². The molecule has 4 aromatic rings. The molecule has 1 N–H and O–H groups in total. The smallest absolute Gasteiger partial charge is 0.267 e. The van der Waals surface area contributed by atoms with Gasteiger partial charge in [-0.15, -0.1) is 0 Å². The SMILES string of the molecule is Cc1cccc2c(=O)n(NC(=O)c3ccccc3)c(-c3cccc(Cl)c3)nc12. The molecule has 0 fully saturated rings. The van der Waals surface area contributed by atoms with Crippen LogP contribution in [0.1, 0.15) is 15.9 Å². The van der Waals surface area contributed by atoms with Crippen molar-refractivity contribution in [3.8, 4) is 11.4 Å². The van der Waals surface area contributed by atoms with Crippen molar-refractivity contribution < 1.29 is 4.79 Å². The number of benzene rings is 3. The van der Waals surface area contributed by atoms with Crippen molar-refractivity contribution in [1.82, 2.24) is 9.66 Å². The van der Waals surface area contributed by atoms with Crippen LogP contribution in [0.25, 0.3) is 22.3 Å². The molecule has 3 aromatic carbocycles. The van der Waals surface area contributed by atoms with Crippen molar-refractivity contribution in [1.29, 1.82) is 0 Å². The number of para-hydroxylation sites is 1. The number of rotatable bonds is 3. The summed E-state index contributed by atoms with van der Waals surface area (Å²) in [6, 6.07) is 21.1. The predicted octanol–water partition coefficient (Wildman–Crippen LogP) is 4.41. The van der Waals surface area contributed by atoms with Crippen molar-refractivity contribution in [2.24, 2.45) is 0 Å². The standard InChI is InChI=1S/C22H16ClN3O2/c1-14-7-5-12-18-19(14)24-20(16-10-6-11-17(23)13-16)26(22(18)28)25-21(27)15-8-3-2-4-9-15/h2-13H,1H3,(H,25,27). The van der Waals surface area contributed by atoms with E-state index >= 15 is 0 Å². The zero-order chi connectivity index (χ0) is 19.7. The molecule has 6 heteroatoms. The van der Waals surface area contributed by atoms with Crippen molar-refractivity contribution in [3.63, 3.8) is 0 Å². The van der Waals surface area contributed by atoms with Gasteiger partial charge in [-0.3, -0.25) is 15.0 Å². The van der Waals surface area contributed by atoms with Gasteiger partial charge in [0.1, 0.15) is 0 Å². The van der Waals surface area contributed by atoms with Gasteiger partial charge in [0.25, 0.3) is 11.5 Å². The van der Waals surface area contributed by atoms with E-state index < -0.39 is 5.91 Å². The first kappa shape index (κ1) is 17.9. The van der Waals surface area contributed by atoms with E-state index in [2.05, 4.69) is 10.4 Å². The zero-order valence-corrected chi connectivity index (χ0v) is 15.8. The van der Waals surface area contributed by atoms with Gasteiger partial charge in [0.05, 0.1) is 10.9 Å². The Labute approximate surface area is 166 Å². The fourth-order valence-corrected chi connectivity index (χ4v) is 3.22. The van der Waals surface area contributed by atoms with Crippen molar-refractivity contribution in [2.75, 3.05) is 5.43 Å². The third-order valence-electron chi connectivity index (χ3n) is 4.43. The molecular weight excluding hydrogens is 374 g/mol. The Kier molecular flexibility index (Phi) is 4.67. The number of fused-ring (bicyclic) bond motifs is 1. The summed E-state index contributed by atoms with van der Waals surface area (Å²) in [7, 11) is 0. The second kappa shape index (κ2) is 7.29. The van der Waals surface area contributed by atoms with Crippen LogP contribution in [0.3, 0.4) is 0 Å². The lowest BCUT2D eigenvalue weighted by Gasteiger charge is -2.15. The van der Waals surface area contributed by atoms with E-state index in [1.54, 1.807) is 60.7 Å². The van der Waals surface area contributed by atoms with E-state index in [1.165, 1.54) is 4.68 Å². The average molecular weight is 390 g/mol. The number of halogens is 1. The number of nitrogens with one attached hydrogen (secondary N) is 1. The number of hydrogen-bond donors (Lipinski definition) is 1. The maximum atomic E-state index is 13.2. The molecule has 0 aliphatic heterocycles. The molecule has 4 rings (SSSR count). The number of carbonyl (C=O) groups is 1. The van der Waals surface area contributed by atoms with Crippen LogP contribution in [0.15, 0.2) is 77.6 Å². The summed E-state index contributed by atoms with van der Waals surface area (Å²) in [5.74, 6) is -0.0848. The maximum absolute atomic E-state index is 13.2. The highest BCUT2D eigenvalue weighted by Gasteiger charge is 2.17. The normalized spacial score (nSPS) is 10.8. The van der Waals surface area contributed by atoms with Gasteiger partial charge < -0.3 is 0 Å². The van der Waals surface area contributed by atoms with E-state index in [0.29, 0.717) is 32.9 Å². The lowest BCUT2D eigenvalue weighted by atomic mass is 10.1. The Hall–Kier alpha value is -3.44. The molecule has 0 spiro atoms. The number of carbonyl (C=O) groups excluding carboxylic acids is 1. The zero-order valence-electron chi connectivity index (χ0n) is 15.0. The summed E-state index contributed by atoms with van der Waals surface area (Å²) in [5.41, 5.74) is 4.86. The minimum absolute atomic E-state index is 0.318. The highest BCUT2D eigenvalue weighted by Crippen LogP contribution is 2.23. The summed E-state index contributed by atoms with van der Waals surface area (Å²) in [5, 5.41) is 0.941. The number of amides is 1. The van der Waals surface area contributed by atoms with Gasteiger partial charge in [0.15, 0.2) is 5.82 Å². The third kappa shape index (κ3) is 3.28. The molecule has 0 unspecified atom stereocenters. The summed E-state index contributed by atoms with van der Waals surface area (Å²) in [4.78, 5) is 30.6. The number of aromatic nitrogens is 2. The van der Waals surface area contributed by atoms with Crippen molar-refractivity contribution >= 4 is 28.4 Å². The molecule has 1 aromatic heterocycles. The molecule has 28 heavy (non-hydrogen) atoms. The van der Waals surface area contributed by atoms with E-state index in [9.17, 15) is 9.59 Å². The van der Waals surface area contributed by atoms with Crippen LogP contribution < -0.4 is 11.0 Å². The Bertz CT molecular complexity index is 1250. The van der Waals surface area contributed by atoms with Gasteiger partial charge in [-0.05, 0) is 42.8 Å². The van der Waals surface area contributed by atoms with Crippen molar-refractivity contribution in [3.05, 3.63) is 99.3 Å². The highest BCUT2D eigenvalue weighted by atomic mass is 35.5. The van der Waals surface area contributed by atoms with Crippen LogP contribution in [0.4, 0.5) is 0 Å². The molecule has 0 aliphatic carbocycles. The Morgan fingerprint density at radius 2 is 1.75 bits per heavy atom. The first-order valence-corrected chi connectivity index (χ1v) is 9.07. The Morgan fingerprint density at radius 1 is 1.00 bits per heavy atom. The second-order valence-corrected chi connectivity index (χ2v) is 6.80. The summed E-state index contributed by atoms with van der Waals surface area (Å²) >= 11 is 6.14. The topological polar surface area (TPSA) is 64.0 Å². The fraction of sp³-hybridized carbons (Fsp3) is 0.0455. The van der Waals surface area contributed by atoms with Gasteiger partial charge in [0.2, 0.25) is 0 Å².